The fourth-order valence-corrected chi connectivity index (χ4v) is 1.78. The zero-order valence-corrected chi connectivity index (χ0v) is 10.3. The van der Waals surface area contributed by atoms with Gasteiger partial charge in [0, 0.05) is 12.6 Å². The van der Waals surface area contributed by atoms with E-state index >= 15 is 0 Å². The molecule has 0 atom stereocenters. The lowest BCUT2D eigenvalue weighted by atomic mass is 10.1. The molecule has 0 fully saturated rings. The molecule has 6 heteroatoms. The van der Waals surface area contributed by atoms with Gasteiger partial charge in [-0.25, -0.2) is 0 Å². The molecule has 3 nitrogen and oxygen atoms in total. The second kappa shape index (κ2) is 4.53. The predicted octanol–water partition coefficient (Wildman–Crippen LogP) is 2.98. The van der Waals surface area contributed by atoms with Gasteiger partial charge in [-0.1, -0.05) is 12.1 Å². The topological polar surface area (TPSA) is 34.9 Å². The number of benzene rings is 1. The number of halogens is 3. The van der Waals surface area contributed by atoms with Crippen molar-refractivity contribution in [2.75, 3.05) is 0 Å². The maximum Gasteiger partial charge on any atom is 0.416 e. The number of hydrogen-bond donors (Lipinski definition) is 0. The number of carbonyl (C=O) groups excluding carboxylic acids is 1. The predicted molar refractivity (Wildman–Crippen MR) is 62.8 cm³/mol. The molecule has 0 radical (unpaired) electrons. The Labute approximate surface area is 107 Å². The monoisotopic (exact) mass is 268 g/mol. The molecule has 0 unspecified atom stereocenters. The van der Waals surface area contributed by atoms with Gasteiger partial charge in [0.2, 0.25) is 5.78 Å². The molecule has 0 bridgehead atoms. The third-order valence-electron chi connectivity index (χ3n) is 2.71. The number of hydrogen-bond acceptors (Lipinski definition) is 2. The fourth-order valence-electron chi connectivity index (χ4n) is 1.78. The molecule has 2 rings (SSSR count). The van der Waals surface area contributed by atoms with E-state index in [1.807, 2.05) is 0 Å². The van der Waals surface area contributed by atoms with Crippen LogP contribution < -0.4 is 0 Å². The molecule has 100 valence electrons. The van der Waals surface area contributed by atoms with Gasteiger partial charge in [0.05, 0.1) is 11.3 Å². The Kier molecular flexibility index (Phi) is 3.18. The van der Waals surface area contributed by atoms with Gasteiger partial charge in [-0.15, -0.1) is 0 Å². The summed E-state index contributed by atoms with van der Waals surface area (Å²) in [7, 11) is 1.62. The van der Waals surface area contributed by atoms with Crippen LogP contribution in [-0.4, -0.2) is 15.6 Å². The molecule has 0 saturated heterocycles. The second-order valence-corrected chi connectivity index (χ2v) is 4.20. The Morgan fingerprint density at radius 1 is 1.21 bits per heavy atom. The summed E-state index contributed by atoms with van der Waals surface area (Å²) in [6, 6.07) is 5.74. The van der Waals surface area contributed by atoms with Crippen molar-refractivity contribution in [3.63, 3.8) is 0 Å². The average molecular weight is 268 g/mol. The van der Waals surface area contributed by atoms with Crippen LogP contribution in [0.3, 0.4) is 0 Å². The molecule has 1 heterocycles. The molecule has 0 aliphatic heterocycles. The van der Waals surface area contributed by atoms with Gasteiger partial charge in [0.25, 0.3) is 0 Å². The summed E-state index contributed by atoms with van der Waals surface area (Å²) >= 11 is 0. The van der Waals surface area contributed by atoms with Crippen LogP contribution in [0.15, 0.2) is 30.3 Å². The third kappa shape index (κ3) is 2.67. The summed E-state index contributed by atoms with van der Waals surface area (Å²) in [5.41, 5.74) is 0.455. The average Bonchev–Trinajstić information content (AvgIpc) is 2.66. The van der Waals surface area contributed by atoms with Gasteiger partial charge in [0.1, 0.15) is 5.69 Å². The van der Waals surface area contributed by atoms with E-state index in [4.69, 9.17) is 0 Å². The first-order valence-corrected chi connectivity index (χ1v) is 5.51. The van der Waals surface area contributed by atoms with Crippen LogP contribution in [0.1, 0.15) is 27.3 Å². The van der Waals surface area contributed by atoms with Crippen LogP contribution in [-0.2, 0) is 13.2 Å². The highest BCUT2D eigenvalue weighted by atomic mass is 19.4. The Morgan fingerprint density at radius 3 is 2.21 bits per heavy atom. The largest absolute Gasteiger partial charge is 0.416 e. The van der Waals surface area contributed by atoms with Crippen molar-refractivity contribution in [1.82, 2.24) is 9.78 Å². The quantitative estimate of drug-likeness (QED) is 0.785. The van der Waals surface area contributed by atoms with Crippen LogP contribution in [0.4, 0.5) is 13.2 Å². The summed E-state index contributed by atoms with van der Waals surface area (Å²) in [5, 5.41) is 4.03. The highest BCUT2D eigenvalue weighted by Gasteiger charge is 2.30. The van der Waals surface area contributed by atoms with Crippen LogP contribution in [0.2, 0.25) is 0 Å². The van der Waals surface area contributed by atoms with Crippen molar-refractivity contribution in [2.24, 2.45) is 7.05 Å². The molecule has 0 amide bonds. The summed E-state index contributed by atoms with van der Waals surface area (Å²) in [5.74, 6) is -0.350. The first-order valence-electron chi connectivity index (χ1n) is 5.51. The minimum absolute atomic E-state index is 0.205. The smallest absolute Gasteiger partial charge is 0.287 e. The Morgan fingerprint density at radius 2 is 1.79 bits per heavy atom. The van der Waals surface area contributed by atoms with Crippen LogP contribution in [0.5, 0.6) is 0 Å². The number of carbonyl (C=O) groups is 1. The molecule has 0 aliphatic rings. The molecule has 19 heavy (non-hydrogen) atoms. The van der Waals surface area contributed by atoms with Crippen LogP contribution in [0.25, 0.3) is 0 Å². The van der Waals surface area contributed by atoms with Gasteiger partial charge in [-0.3, -0.25) is 9.48 Å². The molecular weight excluding hydrogens is 257 g/mol. The molecule has 0 aliphatic carbocycles. The Balaban J connectivity index is 2.33. The van der Waals surface area contributed by atoms with Crippen molar-refractivity contribution in [2.45, 2.75) is 13.1 Å². The summed E-state index contributed by atoms with van der Waals surface area (Å²) < 4.78 is 38.6. The number of alkyl halides is 3. The van der Waals surface area contributed by atoms with Gasteiger partial charge >= 0.3 is 6.18 Å². The standard InChI is InChI=1S/C13H11F3N2O/c1-8-7-11(18(2)17-8)12(19)9-3-5-10(6-4-9)13(14,15)16/h3-7H,1-2H3. The Bertz CT molecular complexity index is 612. The second-order valence-electron chi connectivity index (χ2n) is 4.20. The molecule has 1 aromatic heterocycles. The molecule has 2 aromatic rings. The third-order valence-corrected chi connectivity index (χ3v) is 2.71. The van der Waals surface area contributed by atoms with Gasteiger partial charge < -0.3 is 0 Å². The highest BCUT2D eigenvalue weighted by molar-refractivity contribution is 6.07. The van der Waals surface area contributed by atoms with E-state index in [1.54, 1.807) is 20.0 Å². The molecule has 1 aromatic carbocycles. The van der Waals surface area contributed by atoms with Crippen molar-refractivity contribution in [1.29, 1.82) is 0 Å². The zero-order valence-electron chi connectivity index (χ0n) is 10.3. The minimum atomic E-state index is -4.40. The summed E-state index contributed by atoms with van der Waals surface area (Å²) in [6.07, 6.45) is -4.40. The van der Waals surface area contributed by atoms with E-state index in [1.165, 1.54) is 16.8 Å². The first-order chi connectivity index (χ1) is 8.79. The lowest BCUT2D eigenvalue weighted by Crippen LogP contribution is -2.09. The maximum absolute atomic E-state index is 12.4. The number of aromatic nitrogens is 2. The van der Waals surface area contributed by atoms with E-state index in [-0.39, 0.29) is 11.3 Å². The van der Waals surface area contributed by atoms with E-state index in [9.17, 15) is 18.0 Å². The van der Waals surface area contributed by atoms with Crippen molar-refractivity contribution < 1.29 is 18.0 Å². The van der Waals surface area contributed by atoms with Crippen LogP contribution >= 0.6 is 0 Å². The minimum Gasteiger partial charge on any atom is -0.287 e. The molecule has 0 spiro atoms. The lowest BCUT2D eigenvalue weighted by molar-refractivity contribution is -0.137. The van der Waals surface area contributed by atoms with Crippen molar-refractivity contribution in [3.8, 4) is 0 Å². The number of nitrogens with zero attached hydrogens (tertiary/aromatic N) is 2. The first kappa shape index (κ1) is 13.3. The SMILES string of the molecule is Cc1cc(C(=O)c2ccc(C(F)(F)F)cc2)n(C)n1. The van der Waals surface area contributed by atoms with Crippen LogP contribution in [0, 0.1) is 6.92 Å². The van der Waals surface area contributed by atoms with E-state index in [2.05, 4.69) is 5.10 Å². The molecular formula is C13H11F3N2O. The zero-order chi connectivity index (χ0) is 14.2. The highest BCUT2D eigenvalue weighted by Crippen LogP contribution is 2.29. The lowest BCUT2D eigenvalue weighted by Gasteiger charge is -2.07. The van der Waals surface area contributed by atoms with Gasteiger partial charge in [0.15, 0.2) is 0 Å². The van der Waals surface area contributed by atoms with Crippen molar-refractivity contribution in [3.05, 3.63) is 52.8 Å². The molecule has 0 saturated carbocycles. The van der Waals surface area contributed by atoms with Gasteiger partial charge in [-0.05, 0) is 25.1 Å². The van der Waals surface area contributed by atoms with E-state index in [0.29, 0.717) is 11.4 Å². The fraction of sp³-hybridized carbons (Fsp3) is 0.231. The number of ketones is 1. The number of rotatable bonds is 2. The summed E-state index contributed by atoms with van der Waals surface area (Å²) in [4.78, 5) is 12.1. The number of aryl methyl sites for hydroxylation is 2. The summed E-state index contributed by atoms with van der Waals surface area (Å²) in [6.45, 7) is 1.74. The molecule has 0 N–H and O–H groups in total. The normalized spacial score (nSPS) is 11.6. The maximum atomic E-state index is 12.4. The van der Waals surface area contributed by atoms with E-state index in [0.717, 1.165) is 12.1 Å². The van der Waals surface area contributed by atoms with Crippen molar-refractivity contribution >= 4 is 5.78 Å². The Hall–Kier alpha value is -2.11. The van der Waals surface area contributed by atoms with Gasteiger partial charge in [-0.2, -0.15) is 18.3 Å². The van der Waals surface area contributed by atoms with E-state index < -0.39 is 11.7 Å².